The molecule has 1 saturated heterocycles. The first-order chi connectivity index (χ1) is 15.2. The number of morpholine rings is 1. The normalized spacial score (nSPS) is 15.6. The Bertz CT molecular complexity index is 798. The lowest BCUT2D eigenvalue weighted by Gasteiger charge is -2.26. The van der Waals surface area contributed by atoms with E-state index in [4.69, 9.17) is 9.47 Å². The summed E-state index contributed by atoms with van der Waals surface area (Å²) >= 11 is 0. The highest BCUT2D eigenvalue weighted by Gasteiger charge is 2.11. The monoisotopic (exact) mass is 552 g/mol. The van der Waals surface area contributed by atoms with Gasteiger partial charge in [-0.3, -0.25) is 9.89 Å². The van der Waals surface area contributed by atoms with Crippen molar-refractivity contribution in [3.63, 3.8) is 0 Å². The van der Waals surface area contributed by atoms with Crippen LogP contribution in [0, 0.1) is 0 Å². The van der Waals surface area contributed by atoms with E-state index in [-0.39, 0.29) is 30.1 Å². The zero-order valence-corrected chi connectivity index (χ0v) is 21.6. The SMILES string of the molecule is CN=C(NCCCOC(C)c1ccccc1)NCc1cccc(CN2CCOCC2)c1.I. The number of aliphatic imine (C=N–C) groups is 1. The van der Waals surface area contributed by atoms with Crippen LogP contribution >= 0.6 is 24.0 Å². The second-order valence-corrected chi connectivity index (χ2v) is 7.84. The van der Waals surface area contributed by atoms with Crippen molar-refractivity contribution in [1.29, 1.82) is 0 Å². The molecular formula is C25H37IN4O2. The fourth-order valence-corrected chi connectivity index (χ4v) is 3.62. The third-order valence-electron chi connectivity index (χ3n) is 5.44. The zero-order valence-electron chi connectivity index (χ0n) is 19.3. The van der Waals surface area contributed by atoms with Crippen LogP contribution in [0.4, 0.5) is 0 Å². The van der Waals surface area contributed by atoms with Crippen LogP contribution in [0.2, 0.25) is 0 Å². The molecule has 0 saturated carbocycles. The molecule has 0 bridgehead atoms. The first kappa shape index (κ1) is 26.6. The maximum Gasteiger partial charge on any atom is 0.191 e. The van der Waals surface area contributed by atoms with Crippen molar-refractivity contribution in [3.8, 4) is 0 Å². The molecule has 1 heterocycles. The van der Waals surface area contributed by atoms with Gasteiger partial charge in [0.05, 0.1) is 19.3 Å². The summed E-state index contributed by atoms with van der Waals surface area (Å²) in [5.74, 6) is 0.815. The lowest BCUT2D eigenvalue weighted by Crippen LogP contribution is -2.37. The number of hydrogen-bond acceptors (Lipinski definition) is 4. The summed E-state index contributed by atoms with van der Waals surface area (Å²) in [7, 11) is 1.80. The molecule has 0 aromatic heterocycles. The summed E-state index contributed by atoms with van der Waals surface area (Å²) in [5.41, 5.74) is 3.81. The fourth-order valence-electron chi connectivity index (χ4n) is 3.62. The van der Waals surface area contributed by atoms with E-state index in [0.29, 0.717) is 6.61 Å². The summed E-state index contributed by atoms with van der Waals surface area (Å²) in [6.07, 6.45) is 1.04. The zero-order chi connectivity index (χ0) is 21.7. The fraction of sp³-hybridized carbons (Fsp3) is 0.480. The van der Waals surface area contributed by atoms with Gasteiger partial charge in [-0.2, -0.15) is 0 Å². The van der Waals surface area contributed by atoms with Crippen molar-refractivity contribution >= 4 is 29.9 Å². The third kappa shape index (κ3) is 9.44. The van der Waals surface area contributed by atoms with Gasteiger partial charge in [0.1, 0.15) is 0 Å². The van der Waals surface area contributed by atoms with Crippen LogP contribution in [0.1, 0.15) is 36.1 Å². The van der Waals surface area contributed by atoms with E-state index in [9.17, 15) is 0 Å². The molecular weight excluding hydrogens is 515 g/mol. The number of nitrogens with one attached hydrogen (secondary N) is 2. The maximum absolute atomic E-state index is 5.94. The number of hydrogen-bond donors (Lipinski definition) is 2. The van der Waals surface area contributed by atoms with Crippen molar-refractivity contribution < 1.29 is 9.47 Å². The molecule has 0 amide bonds. The molecule has 6 nitrogen and oxygen atoms in total. The molecule has 32 heavy (non-hydrogen) atoms. The molecule has 1 aliphatic heterocycles. The van der Waals surface area contributed by atoms with Gasteiger partial charge in [0.15, 0.2) is 5.96 Å². The number of rotatable bonds is 10. The molecule has 3 rings (SSSR count). The van der Waals surface area contributed by atoms with Gasteiger partial charge in [-0.15, -0.1) is 24.0 Å². The van der Waals surface area contributed by atoms with E-state index >= 15 is 0 Å². The molecule has 0 aliphatic carbocycles. The molecule has 1 unspecified atom stereocenters. The lowest BCUT2D eigenvalue weighted by atomic mass is 10.1. The number of halogens is 1. The minimum Gasteiger partial charge on any atom is -0.379 e. The first-order valence-corrected chi connectivity index (χ1v) is 11.2. The highest BCUT2D eigenvalue weighted by molar-refractivity contribution is 14.0. The number of guanidine groups is 1. The van der Waals surface area contributed by atoms with E-state index in [1.165, 1.54) is 16.7 Å². The van der Waals surface area contributed by atoms with Gasteiger partial charge >= 0.3 is 0 Å². The molecule has 2 aromatic rings. The van der Waals surface area contributed by atoms with E-state index < -0.39 is 0 Å². The van der Waals surface area contributed by atoms with Crippen molar-refractivity contribution in [1.82, 2.24) is 15.5 Å². The van der Waals surface area contributed by atoms with E-state index in [1.54, 1.807) is 7.05 Å². The van der Waals surface area contributed by atoms with Crippen molar-refractivity contribution in [2.75, 3.05) is 46.5 Å². The minimum absolute atomic E-state index is 0. The summed E-state index contributed by atoms with van der Waals surface area (Å²) in [6, 6.07) is 19.1. The summed E-state index contributed by atoms with van der Waals surface area (Å²) in [5, 5.41) is 6.78. The van der Waals surface area contributed by atoms with Gasteiger partial charge in [0.25, 0.3) is 0 Å². The average molecular weight is 553 g/mol. The topological polar surface area (TPSA) is 58.1 Å². The second-order valence-electron chi connectivity index (χ2n) is 7.84. The molecule has 7 heteroatoms. The second kappa shape index (κ2) is 15.2. The molecule has 1 atom stereocenters. The van der Waals surface area contributed by atoms with Crippen LogP contribution in [0.15, 0.2) is 59.6 Å². The van der Waals surface area contributed by atoms with E-state index in [0.717, 1.165) is 58.3 Å². The van der Waals surface area contributed by atoms with E-state index in [1.807, 2.05) is 18.2 Å². The van der Waals surface area contributed by atoms with Crippen LogP contribution in [0.5, 0.6) is 0 Å². The Kier molecular flexibility index (Phi) is 12.6. The highest BCUT2D eigenvalue weighted by atomic mass is 127. The Labute approximate surface area is 209 Å². The van der Waals surface area contributed by atoms with Crippen molar-refractivity contribution in [2.24, 2.45) is 4.99 Å². The van der Waals surface area contributed by atoms with Gasteiger partial charge < -0.3 is 20.1 Å². The molecule has 2 aromatic carbocycles. The first-order valence-electron chi connectivity index (χ1n) is 11.2. The molecule has 1 aliphatic rings. The Morgan fingerprint density at radius 1 is 1.06 bits per heavy atom. The van der Waals surface area contributed by atoms with Crippen LogP contribution < -0.4 is 10.6 Å². The van der Waals surface area contributed by atoms with Crippen molar-refractivity contribution in [3.05, 3.63) is 71.3 Å². The molecule has 176 valence electrons. The largest absolute Gasteiger partial charge is 0.379 e. The summed E-state index contributed by atoms with van der Waals surface area (Å²) in [6.45, 7) is 9.03. The Hall–Kier alpha value is -1.68. The van der Waals surface area contributed by atoms with Crippen LogP contribution in [0.3, 0.4) is 0 Å². The number of benzene rings is 2. The quantitative estimate of drug-likeness (QED) is 0.202. The van der Waals surface area contributed by atoms with Crippen LogP contribution in [-0.2, 0) is 22.6 Å². The highest BCUT2D eigenvalue weighted by Crippen LogP contribution is 2.15. The summed E-state index contributed by atoms with van der Waals surface area (Å²) in [4.78, 5) is 6.77. The minimum atomic E-state index is 0. The van der Waals surface area contributed by atoms with Crippen molar-refractivity contribution in [2.45, 2.75) is 32.5 Å². The van der Waals surface area contributed by atoms with Crippen LogP contribution in [0.25, 0.3) is 0 Å². The van der Waals surface area contributed by atoms with Gasteiger partial charge in [0.2, 0.25) is 0 Å². The molecule has 1 fully saturated rings. The Balaban J connectivity index is 0.00000363. The Morgan fingerprint density at radius 3 is 2.56 bits per heavy atom. The standard InChI is InChI=1S/C25H36N4O2.HI/c1-21(24-10-4-3-5-11-24)31-15-7-12-27-25(26-2)28-19-22-8-6-9-23(18-22)20-29-13-16-30-17-14-29;/h3-6,8-11,18,21H,7,12-17,19-20H2,1-2H3,(H2,26,27,28);1H. The third-order valence-corrected chi connectivity index (χ3v) is 5.44. The Morgan fingerprint density at radius 2 is 1.81 bits per heavy atom. The number of ether oxygens (including phenoxy) is 2. The maximum atomic E-state index is 5.94. The van der Waals surface area contributed by atoms with Crippen LogP contribution in [-0.4, -0.2) is 57.4 Å². The predicted octanol–water partition coefficient (Wildman–Crippen LogP) is 3.97. The number of nitrogens with zero attached hydrogens (tertiary/aromatic N) is 2. The smallest absolute Gasteiger partial charge is 0.191 e. The summed E-state index contributed by atoms with van der Waals surface area (Å²) < 4.78 is 11.4. The van der Waals surface area contributed by atoms with E-state index in [2.05, 4.69) is 63.8 Å². The average Bonchev–Trinajstić information content (AvgIpc) is 2.82. The van der Waals surface area contributed by atoms with Gasteiger partial charge in [0, 0.05) is 46.4 Å². The van der Waals surface area contributed by atoms with Gasteiger partial charge in [-0.05, 0) is 30.0 Å². The molecule has 2 N–H and O–H groups in total. The van der Waals surface area contributed by atoms with Gasteiger partial charge in [-0.1, -0.05) is 54.6 Å². The molecule has 0 spiro atoms. The van der Waals surface area contributed by atoms with Gasteiger partial charge in [-0.25, -0.2) is 0 Å². The molecule has 0 radical (unpaired) electrons. The predicted molar refractivity (Wildman–Crippen MR) is 142 cm³/mol. The lowest BCUT2D eigenvalue weighted by molar-refractivity contribution is 0.0342.